The monoisotopic (exact) mass is 320 g/mol. The van der Waals surface area contributed by atoms with Gasteiger partial charge in [-0.05, 0) is 24.3 Å². The number of amides is 2. The average Bonchev–Trinajstić information content (AvgIpc) is 3.20. The summed E-state index contributed by atoms with van der Waals surface area (Å²) < 4.78 is 18.7. The first kappa shape index (κ1) is 14.6. The lowest BCUT2D eigenvalue weighted by molar-refractivity contribution is -0.119. The highest BCUT2D eigenvalue weighted by atomic mass is 32.2. The zero-order chi connectivity index (χ0) is 15.5. The van der Waals surface area contributed by atoms with Crippen LogP contribution in [0.2, 0.25) is 0 Å². The van der Waals surface area contributed by atoms with Crippen LogP contribution in [0.1, 0.15) is 10.6 Å². The molecule has 1 aromatic heterocycles. The summed E-state index contributed by atoms with van der Waals surface area (Å²) in [6.45, 7) is 0. The van der Waals surface area contributed by atoms with Gasteiger partial charge in [0.25, 0.3) is 5.91 Å². The zero-order valence-electron chi connectivity index (χ0n) is 11.5. The SMILES string of the molecule is O=C(Nc1ccccc1F)C1CSCN1C(=O)c1ccco1. The second-order valence-electron chi connectivity index (χ2n) is 4.74. The summed E-state index contributed by atoms with van der Waals surface area (Å²) in [4.78, 5) is 26.1. The maximum absolute atomic E-state index is 13.6. The summed E-state index contributed by atoms with van der Waals surface area (Å²) in [6.07, 6.45) is 1.41. The molecule has 114 valence electrons. The van der Waals surface area contributed by atoms with Crippen molar-refractivity contribution in [2.45, 2.75) is 6.04 Å². The highest BCUT2D eigenvalue weighted by molar-refractivity contribution is 7.99. The van der Waals surface area contributed by atoms with Crippen molar-refractivity contribution in [3.05, 3.63) is 54.2 Å². The van der Waals surface area contributed by atoms with Crippen LogP contribution >= 0.6 is 11.8 Å². The summed E-state index contributed by atoms with van der Waals surface area (Å²) >= 11 is 1.47. The Labute approximate surface area is 130 Å². The van der Waals surface area contributed by atoms with E-state index in [-0.39, 0.29) is 17.4 Å². The fourth-order valence-electron chi connectivity index (χ4n) is 2.18. The molecule has 1 aromatic carbocycles. The van der Waals surface area contributed by atoms with Gasteiger partial charge in [0.1, 0.15) is 11.9 Å². The molecule has 5 nitrogen and oxygen atoms in total. The van der Waals surface area contributed by atoms with Gasteiger partial charge in [0, 0.05) is 5.75 Å². The molecule has 0 bridgehead atoms. The number of nitrogens with one attached hydrogen (secondary N) is 1. The van der Waals surface area contributed by atoms with E-state index in [2.05, 4.69) is 5.32 Å². The molecular weight excluding hydrogens is 307 g/mol. The predicted molar refractivity (Wildman–Crippen MR) is 81.0 cm³/mol. The van der Waals surface area contributed by atoms with Crippen molar-refractivity contribution in [1.82, 2.24) is 4.90 Å². The van der Waals surface area contributed by atoms with E-state index in [1.807, 2.05) is 0 Å². The average molecular weight is 320 g/mol. The number of rotatable bonds is 3. The number of anilines is 1. The molecule has 1 saturated heterocycles. The first-order valence-corrected chi connectivity index (χ1v) is 7.80. The number of furan rings is 1. The molecule has 1 aliphatic heterocycles. The Morgan fingerprint density at radius 3 is 2.82 bits per heavy atom. The van der Waals surface area contributed by atoms with E-state index in [0.29, 0.717) is 11.6 Å². The molecule has 3 rings (SSSR count). The zero-order valence-corrected chi connectivity index (χ0v) is 12.3. The molecule has 1 fully saturated rings. The predicted octanol–water partition coefficient (Wildman–Crippen LogP) is 2.57. The van der Waals surface area contributed by atoms with Crippen LogP contribution in [0, 0.1) is 5.82 Å². The smallest absolute Gasteiger partial charge is 0.290 e. The Hall–Kier alpha value is -2.28. The lowest BCUT2D eigenvalue weighted by Gasteiger charge is -2.22. The van der Waals surface area contributed by atoms with E-state index in [0.717, 1.165) is 0 Å². The molecule has 1 N–H and O–H groups in total. The highest BCUT2D eigenvalue weighted by Gasteiger charge is 2.36. The summed E-state index contributed by atoms with van der Waals surface area (Å²) in [5.41, 5.74) is 0.106. The summed E-state index contributed by atoms with van der Waals surface area (Å²) in [5, 5.41) is 2.53. The quantitative estimate of drug-likeness (QED) is 0.944. The van der Waals surface area contributed by atoms with E-state index < -0.39 is 17.8 Å². The topological polar surface area (TPSA) is 62.6 Å². The number of hydrogen-bond acceptors (Lipinski definition) is 4. The molecule has 2 aromatic rings. The fourth-order valence-corrected chi connectivity index (χ4v) is 3.33. The van der Waals surface area contributed by atoms with Gasteiger partial charge in [-0.25, -0.2) is 4.39 Å². The lowest BCUT2D eigenvalue weighted by Crippen LogP contribution is -2.44. The van der Waals surface area contributed by atoms with Crippen molar-refractivity contribution < 1.29 is 18.4 Å². The van der Waals surface area contributed by atoms with Gasteiger partial charge in [-0.15, -0.1) is 11.8 Å². The number of hydrogen-bond donors (Lipinski definition) is 1. The summed E-state index contributed by atoms with van der Waals surface area (Å²) in [6, 6.07) is 8.44. The standard InChI is InChI=1S/C15H13FN2O3S/c16-10-4-1-2-5-11(10)17-14(19)12-8-22-9-18(12)15(20)13-6-3-7-21-13/h1-7,12H,8-9H2,(H,17,19). The second-order valence-corrected chi connectivity index (χ2v) is 5.74. The first-order chi connectivity index (χ1) is 10.7. The third kappa shape index (κ3) is 2.85. The van der Waals surface area contributed by atoms with Crippen molar-refractivity contribution >= 4 is 29.3 Å². The van der Waals surface area contributed by atoms with E-state index in [1.165, 1.54) is 35.1 Å². The van der Waals surface area contributed by atoms with E-state index in [4.69, 9.17) is 4.42 Å². The van der Waals surface area contributed by atoms with Gasteiger partial charge in [0.15, 0.2) is 5.76 Å². The van der Waals surface area contributed by atoms with E-state index >= 15 is 0 Å². The highest BCUT2D eigenvalue weighted by Crippen LogP contribution is 2.25. The van der Waals surface area contributed by atoms with E-state index in [9.17, 15) is 14.0 Å². The Kier molecular flexibility index (Phi) is 4.15. The van der Waals surface area contributed by atoms with Gasteiger partial charge in [0.2, 0.25) is 5.91 Å². The van der Waals surface area contributed by atoms with Gasteiger partial charge in [-0.2, -0.15) is 0 Å². The number of carbonyl (C=O) groups excluding carboxylic acids is 2. The van der Waals surface area contributed by atoms with Crippen LogP contribution in [-0.2, 0) is 4.79 Å². The summed E-state index contributed by atoms with van der Waals surface area (Å²) in [5.74, 6) is -0.211. The third-order valence-electron chi connectivity index (χ3n) is 3.31. The van der Waals surface area contributed by atoms with Gasteiger partial charge in [-0.1, -0.05) is 12.1 Å². The number of para-hydroxylation sites is 1. The van der Waals surface area contributed by atoms with Crippen LogP contribution in [0.15, 0.2) is 47.1 Å². The third-order valence-corrected chi connectivity index (χ3v) is 4.32. The molecule has 0 spiro atoms. The number of carbonyl (C=O) groups is 2. The molecule has 2 heterocycles. The molecule has 2 amide bonds. The fraction of sp³-hybridized carbons (Fsp3) is 0.200. The van der Waals surface area contributed by atoms with Crippen molar-refractivity contribution in [3.63, 3.8) is 0 Å². The normalized spacial score (nSPS) is 17.5. The number of benzene rings is 1. The van der Waals surface area contributed by atoms with Crippen molar-refractivity contribution in [2.24, 2.45) is 0 Å². The van der Waals surface area contributed by atoms with Crippen LogP contribution in [0.4, 0.5) is 10.1 Å². The minimum absolute atomic E-state index is 0.106. The van der Waals surface area contributed by atoms with Gasteiger partial charge < -0.3 is 14.6 Å². The Bertz CT molecular complexity index is 690. The molecule has 0 radical (unpaired) electrons. The molecule has 22 heavy (non-hydrogen) atoms. The molecule has 0 aliphatic carbocycles. The van der Waals surface area contributed by atoms with Crippen molar-refractivity contribution in [3.8, 4) is 0 Å². The largest absolute Gasteiger partial charge is 0.459 e. The number of halogens is 1. The maximum atomic E-state index is 13.6. The van der Waals surface area contributed by atoms with Gasteiger partial charge in [0.05, 0.1) is 17.8 Å². The number of thioether (sulfide) groups is 1. The molecular formula is C15H13FN2O3S. The van der Waals surface area contributed by atoms with Gasteiger partial charge in [-0.3, -0.25) is 9.59 Å². The minimum atomic E-state index is -0.651. The van der Waals surface area contributed by atoms with Crippen LogP contribution < -0.4 is 5.32 Å². The van der Waals surface area contributed by atoms with Gasteiger partial charge >= 0.3 is 0 Å². The van der Waals surface area contributed by atoms with Crippen LogP contribution in [0.5, 0.6) is 0 Å². The first-order valence-electron chi connectivity index (χ1n) is 6.64. The molecule has 0 saturated carbocycles. The van der Waals surface area contributed by atoms with Crippen LogP contribution in [0.3, 0.4) is 0 Å². The molecule has 7 heteroatoms. The molecule has 1 atom stereocenters. The second kappa shape index (κ2) is 6.23. The van der Waals surface area contributed by atoms with Crippen molar-refractivity contribution in [1.29, 1.82) is 0 Å². The summed E-state index contributed by atoms with van der Waals surface area (Å²) in [7, 11) is 0. The Morgan fingerprint density at radius 1 is 1.27 bits per heavy atom. The van der Waals surface area contributed by atoms with Crippen LogP contribution in [0.25, 0.3) is 0 Å². The Balaban J connectivity index is 1.74. The lowest BCUT2D eigenvalue weighted by atomic mass is 10.2. The molecule has 1 unspecified atom stereocenters. The minimum Gasteiger partial charge on any atom is -0.459 e. The number of nitrogens with zero attached hydrogens (tertiary/aromatic N) is 1. The van der Waals surface area contributed by atoms with Crippen molar-refractivity contribution in [2.75, 3.05) is 16.9 Å². The molecule has 1 aliphatic rings. The maximum Gasteiger partial charge on any atom is 0.290 e. The Morgan fingerprint density at radius 2 is 2.09 bits per heavy atom. The van der Waals surface area contributed by atoms with Crippen LogP contribution in [-0.4, -0.2) is 34.4 Å². The van der Waals surface area contributed by atoms with E-state index in [1.54, 1.807) is 24.3 Å².